The van der Waals surface area contributed by atoms with Gasteiger partial charge in [-0.2, -0.15) is 0 Å². The van der Waals surface area contributed by atoms with Gasteiger partial charge in [0.25, 0.3) is 0 Å². The van der Waals surface area contributed by atoms with Gasteiger partial charge in [0.2, 0.25) is 0 Å². The predicted molar refractivity (Wildman–Crippen MR) is 77.8 cm³/mol. The fourth-order valence-electron chi connectivity index (χ4n) is 2.31. The zero-order chi connectivity index (χ0) is 12.8. The van der Waals surface area contributed by atoms with Crippen molar-refractivity contribution in [1.29, 1.82) is 0 Å². The number of thiazole rings is 1. The van der Waals surface area contributed by atoms with Crippen LogP contribution in [0.1, 0.15) is 43.8 Å². The summed E-state index contributed by atoms with van der Waals surface area (Å²) in [7, 11) is 0. The van der Waals surface area contributed by atoms with E-state index in [2.05, 4.69) is 29.4 Å². The average Bonchev–Trinajstić information content (AvgIpc) is 2.77. The van der Waals surface area contributed by atoms with Gasteiger partial charge in [0.1, 0.15) is 5.01 Å². The monoisotopic (exact) mass is 267 g/mol. The fourth-order valence-corrected chi connectivity index (χ4v) is 3.06. The minimum atomic E-state index is 0.913. The number of rotatable bonds is 8. The van der Waals surface area contributed by atoms with Crippen LogP contribution in [0.2, 0.25) is 0 Å². The van der Waals surface area contributed by atoms with Crippen LogP contribution < -0.4 is 5.32 Å². The molecule has 0 aliphatic heterocycles. The molecule has 0 unspecified atom stereocenters. The van der Waals surface area contributed by atoms with E-state index in [4.69, 9.17) is 4.98 Å². The van der Waals surface area contributed by atoms with Gasteiger partial charge in [-0.15, -0.1) is 11.3 Å². The van der Waals surface area contributed by atoms with Crippen molar-refractivity contribution in [2.24, 2.45) is 5.92 Å². The van der Waals surface area contributed by atoms with Gasteiger partial charge in [-0.1, -0.05) is 20.3 Å². The maximum absolute atomic E-state index is 4.70. The van der Waals surface area contributed by atoms with Crippen LogP contribution >= 0.6 is 11.3 Å². The fraction of sp³-hybridized carbons (Fsp3) is 0.786. The van der Waals surface area contributed by atoms with Gasteiger partial charge < -0.3 is 5.32 Å². The van der Waals surface area contributed by atoms with Gasteiger partial charge in [-0.05, 0) is 31.8 Å². The Morgan fingerprint density at radius 2 is 2.28 bits per heavy atom. The molecule has 4 heteroatoms. The van der Waals surface area contributed by atoms with Crippen LogP contribution in [0.25, 0.3) is 0 Å². The Morgan fingerprint density at radius 3 is 2.89 bits per heavy atom. The average molecular weight is 267 g/mol. The topological polar surface area (TPSA) is 28.2 Å². The molecule has 3 nitrogen and oxygen atoms in total. The molecule has 0 bridgehead atoms. The molecule has 1 saturated carbocycles. The van der Waals surface area contributed by atoms with Crippen molar-refractivity contribution in [3.63, 3.8) is 0 Å². The molecule has 0 amide bonds. The van der Waals surface area contributed by atoms with Crippen molar-refractivity contribution in [2.75, 3.05) is 19.6 Å². The normalized spacial score (nSPS) is 16.2. The van der Waals surface area contributed by atoms with Crippen LogP contribution in [-0.2, 0) is 13.1 Å². The SMILES string of the molecule is CCNCc1nc(CN(CC)CC2CCC2)cs1. The van der Waals surface area contributed by atoms with Gasteiger partial charge in [0.05, 0.1) is 5.69 Å². The molecule has 1 aromatic heterocycles. The first-order valence-electron chi connectivity index (χ1n) is 7.18. The Hall–Kier alpha value is -0.450. The molecule has 1 aliphatic rings. The molecule has 1 N–H and O–H groups in total. The molecule has 0 saturated heterocycles. The largest absolute Gasteiger partial charge is 0.311 e. The quantitative estimate of drug-likeness (QED) is 0.785. The summed E-state index contributed by atoms with van der Waals surface area (Å²) < 4.78 is 0. The van der Waals surface area contributed by atoms with Gasteiger partial charge in [0.15, 0.2) is 0 Å². The Bertz CT molecular complexity index is 347. The van der Waals surface area contributed by atoms with Crippen LogP contribution in [-0.4, -0.2) is 29.5 Å². The van der Waals surface area contributed by atoms with Crippen LogP contribution in [0.4, 0.5) is 0 Å². The number of nitrogens with zero attached hydrogens (tertiary/aromatic N) is 2. The van der Waals surface area contributed by atoms with Crippen LogP contribution in [0.5, 0.6) is 0 Å². The molecule has 0 radical (unpaired) electrons. The third-order valence-electron chi connectivity index (χ3n) is 3.70. The summed E-state index contributed by atoms with van der Waals surface area (Å²) in [5.74, 6) is 0.949. The van der Waals surface area contributed by atoms with E-state index in [9.17, 15) is 0 Å². The minimum absolute atomic E-state index is 0.913. The van der Waals surface area contributed by atoms with Crippen LogP contribution in [0.15, 0.2) is 5.38 Å². The van der Waals surface area contributed by atoms with Crippen molar-refractivity contribution in [3.05, 3.63) is 16.1 Å². The van der Waals surface area contributed by atoms with E-state index in [1.165, 1.54) is 36.5 Å². The zero-order valence-electron chi connectivity index (χ0n) is 11.6. The minimum Gasteiger partial charge on any atom is -0.311 e. The number of aromatic nitrogens is 1. The Kier molecular flexibility index (Phi) is 5.60. The first-order valence-corrected chi connectivity index (χ1v) is 8.06. The standard InChI is InChI=1S/C14H25N3S/c1-3-15-8-14-16-13(11-18-14)10-17(4-2)9-12-6-5-7-12/h11-12,15H,3-10H2,1-2H3. The highest BCUT2D eigenvalue weighted by Gasteiger charge is 2.20. The summed E-state index contributed by atoms with van der Waals surface area (Å²) in [5, 5.41) is 6.76. The first kappa shape index (κ1) is 14.0. The first-order chi connectivity index (χ1) is 8.81. The van der Waals surface area contributed by atoms with Crippen molar-refractivity contribution >= 4 is 11.3 Å². The van der Waals surface area contributed by atoms with Gasteiger partial charge >= 0.3 is 0 Å². The molecule has 1 heterocycles. The molecule has 0 spiro atoms. The molecule has 1 fully saturated rings. The molecule has 2 rings (SSSR count). The third-order valence-corrected chi connectivity index (χ3v) is 4.60. The molecule has 18 heavy (non-hydrogen) atoms. The molecule has 0 aromatic carbocycles. The highest BCUT2D eigenvalue weighted by Crippen LogP contribution is 2.27. The van der Waals surface area contributed by atoms with Gasteiger partial charge in [-0.3, -0.25) is 4.90 Å². The summed E-state index contributed by atoms with van der Waals surface area (Å²) in [4.78, 5) is 7.24. The number of hydrogen-bond acceptors (Lipinski definition) is 4. The van der Waals surface area contributed by atoms with E-state index in [0.717, 1.165) is 32.1 Å². The lowest BCUT2D eigenvalue weighted by atomic mass is 9.85. The lowest BCUT2D eigenvalue weighted by molar-refractivity contribution is 0.177. The Balaban J connectivity index is 1.80. The Morgan fingerprint density at radius 1 is 1.44 bits per heavy atom. The second-order valence-electron chi connectivity index (χ2n) is 5.14. The summed E-state index contributed by atoms with van der Waals surface area (Å²) in [6, 6.07) is 0. The maximum Gasteiger partial charge on any atom is 0.107 e. The lowest BCUT2D eigenvalue weighted by Gasteiger charge is -2.31. The smallest absolute Gasteiger partial charge is 0.107 e. The highest BCUT2D eigenvalue weighted by atomic mass is 32.1. The van der Waals surface area contributed by atoms with E-state index in [-0.39, 0.29) is 0 Å². The predicted octanol–water partition coefficient (Wildman–Crippen LogP) is 2.87. The van der Waals surface area contributed by atoms with Gasteiger partial charge in [-0.25, -0.2) is 4.98 Å². The Labute approximate surface area is 115 Å². The molecule has 1 aliphatic carbocycles. The van der Waals surface area contributed by atoms with E-state index in [0.29, 0.717) is 0 Å². The summed E-state index contributed by atoms with van der Waals surface area (Å²) in [5.41, 5.74) is 1.24. The second kappa shape index (κ2) is 7.22. The molecular weight excluding hydrogens is 242 g/mol. The summed E-state index contributed by atoms with van der Waals surface area (Å²) >= 11 is 1.78. The molecular formula is C14H25N3S. The van der Waals surface area contributed by atoms with Crippen LogP contribution in [0, 0.1) is 5.92 Å². The number of nitrogens with one attached hydrogen (secondary N) is 1. The van der Waals surface area contributed by atoms with Crippen molar-refractivity contribution in [1.82, 2.24) is 15.2 Å². The van der Waals surface area contributed by atoms with E-state index in [1.807, 2.05) is 0 Å². The lowest BCUT2D eigenvalue weighted by Crippen LogP contribution is -2.32. The van der Waals surface area contributed by atoms with Crippen molar-refractivity contribution < 1.29 is 0 Å². The molecule has 0 atom stereocenters. The summed E-state index contributed by atoms with van der Waals surface area (Å²) in [6.07, 6.45) is 4.30. The summed E-state index contributed by atoms with van der Waals surface area (Å²) in [6.45, 7) is 9.73. The highest BCUT2D eigenvalue weighted by molar-refractivity contribution is 7.09. The van der Waals surface area contributed by atoms with Gasteiger partial charge in [0, 0.05) is 25.0 Å². The third kappa shape index (κ3) is 4.04. The second-order valence-corrected chi connectivity index (χ2v) is 6.08. The number of hydrogen-bond donors (Lipinski definition) is 1. The molecule has 102 valence electrons. The maximum atomic E-state index is 4.70. The van der Waals surface area contributed by atoms with Crippen LogP contribution in [0.3, 0.4) is 0 Å². The van der Waals surface area contributed by atoms with Crippen molar-refractivity contribution in [3.8, 4) is 0 Å². The molecule has 1 aromatic rings. The van der Waals surface area contributed by atoms with E-state index < -0.39 is 0 Å². The zero-order valence-corrected chi connectivity index (χ0v) is 12.4. The van der Waals surface area contributed by atoms with Crippen molar-refractivity contribution in [2.45, 2.75) is 46.2 Å². The van der Waals surface area contributed by atoms with E-state index >= 15 is 0 Å². The van der Waals surface area contributed by atoms with E-state index in [1.54, 1.807) is 11.3 Å².